The minimum Gasteiger partial charge on any atom is -0.347 e. The van der Waals surface area contributed by atoms with Crippen molar-refractivity contribution in [3.8, 4) is 0 Å². The smallest absolute Gasteiger partial charge is 0.271 e. The number of carbonyl (C=O) groups is 1. The highest BCUT2D eigenvalue weighted by atomic mass is 35.5. The molecule has 2 N–H and O–H groups in total. The number of carbonyl (C=O) groups excluding carboxylic acids is 1. The molecule has 118 valence electrons. The Labute approximate surface area is 141 Å². The topological polar surface area (TPSA) is 66.9 Å². The van der Waals surface area contributed by atoms with Gasteiger partial charge in [-0.25, -0.2) is 4.98 Å². The van der Waals surface area contributed by atoms with Crippen LogP contribution in [-0.4, -0.2) is 35.5 Å². The van der Waals surface area contributed by atoms with Gasteiger partial charge in [0.1, 0.15) is 5.69 Å². The molecule has 1 aromatic heterocycles. The molecule has 0 spiro atoms. The molecule has 3 rings (SSSR count). The third-order valence-electron chi connectivity index (χ3n) is 3.32. The van der Waals surface area contributed by atoms with Crippen LogP contribution in [0.5, 0.6) is 0 Å². The quantitative estimate of drug-likeness (QED) is 0.840. The number of fused-ring (bicyclic) bond motifs is 1. The van der Waals surface area contributed by atoms with Crippen LogP contribution in [0.3, 0.4) is 0 Å². The largest absolute Gasteiger partial charge is 0.347 e. The molecule has 0 radical (unpaired) electrons. The van der Waals surface area contributed by atoms with Crippen molar-refractivity contribution in [2.24, 2.45) is 0 Å². The Balaban J connectivity index is 0.00000121. The van der Waals surface area contributed by atoms with Crippen LogP contribution in [0.2, 0.25) is 0 Å². The summed E-state index contributed by atoms with van der Waals surface area (Å²) in [6.45, 7) is 2.42. The summed E-state index contributed by atoms with van der Waals surface area (Å²) in [4.78, 5) is 20.7. The van der Waals surface area contributed by atoms with Gasteiger partial charge in [-0.1, -0.05) is 23.8 Å². The van der Waals surface area contributed by atoms with Crippen LogP contribution >= 0.6 is 24.8 Å². The van der Waals surface area contributed by atoms with E-state index in [2.05, 4.69) is 26.7 Å². The molecule has 5 nitrogen and oxygen atoms in total. The van der Waals surface area contributed by atoms with Gasteiger partial charge in [-0.05, 0) is 25.1 Å². The fraction of sp³-hybridized carbons (Fsp3) is 0.267. The fourth-order valence-corrected chi connectivity index (χ4v) is 2.18. The van der Waals surface area contributed by atoms with Crippen molar-refractivity contribution < 1.29 is 4.79 Å². The lowest BCUT2D eigenvalue weighted by atomic mass is 10.1. The number of nitrogens with zero attached hydrogens (tertiary/aromatic N) is 2. The Morgan fingerprint density at radius 1 is 1.23 bits per heavy atom. The molecule has 2 heterocycles. The molecule has 1 amide bonds. The second-order valence-electron chi connectivity index (χ2n) is 4.74. The van der Waals surface area contributed by atoms with Gasteiger partial charge < -0.3 is 10.6 Å². The maximum Gasteiger partial charge on any atom is 0.271 e. The van der Waals surface area contributed by atoms with E-state index in [1.807, 2.05) is 24.3 Å². The predicted octanol–water partition coefficient (Wildman–Crippen LogP) is 2.12. The van der Waals surface area contributed by atoms with E-state index in [1.54, 1.807) is 0 Å². The molecule has 0 saturated heterocycles. The molecule has 7 heteroatoms. The summed E-state index contributed by atoms with van der Waals surface area (Å²) in [5.41, 5.74) is 3.15. The Morgan fingerprint density at radius 3 is 2.73 bits per heavy atom. The van der Waals surface area contributed by atoms with Gasteiger partial charge in [-0.15, -0.1) is 24.8 Å². The van der Waals surface area contributed by atoms with Crippen molar-refractivity contribution in [2.45, 2.75) is 6.42 Å². The van der Waals surface area contributed by atoms with Crippen LogP contribution in [0.25, 0.3) is 11.0 Å². The molecular weight excluding hydrogens is 323 g/mol. The van der Waals surface area contributed by atoms with E-state index in [0.717, 1.165) is 30.5 Å². The Kier molecular flexibility index (Phi) is 7.24. The number of para-hydroxylation sites is 2. The summed E-state index contributed by atoms with van der Waals surface area (Å²) >= 11 is 0. The Hall–Kier alpha value is -1.69. The first-order valence-corrected chi connectivity index (χ1v) is 6.71. The van der Waals surface area contributed by atoms with E-state index in [1.165, 1.54) is 11.8 Å². The maximum absolute atomic E-state index is 12.1. The minimum absolute atomic E-state index is 0. The number of aromatic nitrogens is 2. The van der Waals surface area contributed by atoms with Crippen molar-refractivity contribution in [1.82, 2.24) is 20.6 Å². The molecule has 2 aromatic rings. The van der Waals surface area contributed by atoms with Crippen molar-refractivity contribution in [1.29, 1.82) is 0 Å². The molecule has 22 heavy (non-hydrogen) atoms. The first-order chi connectivity index (χ1) is 9.83. The molecule has 0 fully saturated rings. The normalized spacial score (nSPS) is 13.5. The van der Waals surface area contributed by atoms with Crippen molar-refractivity contribution in [3.05, 3.63) is 47.8 Å². The Morgan fingerprint density at radius 2 is 2.00 bits per heavy atom. The first kappa shape index (κ1) is 18.4. The number of rotatable bonds is 3. The molecule has 0 aliphatic carbocycles. The van der Waals surface area contributed by atoms with Crippen LogP contribution < -0.4 is 10.6 Å². The second kappa shape index (κ2) is 8.68. The number of nitrogens with one attached hydrogen (secondary N) is 2. The highest BCUT2D eigenvalue weighted by Crippen LogP contribution is 2.08. The van der Waals surface area contributed by atoms with Gasteiger partial charge in [-0.2, -0.15) is 0 Å². The van der Waals surface area contributed by atoms with Gasteiger partial charge in [0.25, 0.3) is 5.91 Å². The molecule has 1 aliphatic heterocycles. The van der Waals surface area contributed by atoms with Gasteiger partial charge in [0, 0.05) is 13.1 Å². The zero-order valence-electron chi connectivity index (χ0n) is 11.9. The van der Waals surface area contributed by atoms with Crippen LogP contribution in [0.4, 0.5) is 0 Å². The van der Waals surface area contributed by atoms with Gasteiger partial charge in [0.15, 0.2) is 0 Å². The summed E-state index contributed by atoms with van der Waals surface area (Å²) in [6.07, 6.45) is 4.62. The number of amides is 1. The summed E-state index contributed by atoms with van der Waals surface area (Å²) in [5.74, 6) is -0.178. The second-order valence-corrected chi connectivity index (χ2v) is 4.74. The van der Waals surface area contributed by atoms with Crippen LogP contribution in [0.15, 0.2) is 42.1 Å². The van der Waals surface area contributed by atoms with Gasteiger partial charge in [0.05, 0.1) is 17.2 Å². The monoisotopic (exact) mass is 340 g/mol. The summed E-state index contributed by atoms with van der Waals surface area (Å²) in [7, 11) is 0. The highest BCUT2D eigenvalue weighted by molar-refractivity contribution is 5.93. The fourth-order valence-electron chi connectivity index (χ4n) is 2.18. The zero-order valence-corrected chi connectivity index (χ0v) is 13.5. The Bertz CT molecular complexity index is 675. The zero-order chi connectivity index (χ0) is 13.8. The minimum atomic E-state index is -0.178. The SMILES string of the molecule is Cl.Cl.O=C(NCC1=CCNCC1)c1cnc2ccccc2n1. The number of halogens is 2. The summed E-state index contributed by atoms with van der Waals surface area (Å²) in [6, 6.07) is 7.52. The van der Waals surface area contributed by atoms with E-state index in [0.29, 0.717) is 12.2 Å². The standard InChI is InChI=1S/C15H16N4O.2ClH/c20-15(18-9-11-5-7-16-8-6-11)14-10-17-12-3-1-2-4-13(12)19-14;;/h1-5,10,16H,6-9H2,(H,18,20);2*1H. The van der Waals surface area contributed by atoms with E-state index in [-0.39, 0.29) is 30.7 Å². The molecule has 1 aromatic carbocycles. The van der Waals surface area contributed by atoms with Gasteiger partial charge >= 0.3 is 0 Å². The third-order valence-corrected chi connectivity index (χ3v) is 3.32. The number of hydrogen-bond donors (Lipinski definition) is 2. The predicted molar refractivity (Wildman–Crippen MR) is 91.9 cm³/mol. The molecule has 1 aliphatic rings. The lowest BCUT2D eigenvalue weighted by Gasteiger charge is -2.14. The maximum atomic E-state index is 12.1. The first-order valence-electron chi connectivity index (χ1n) is 6.71. The van der Waals surface area contributed by atoms with E-state index >= 15 is 0 Å². The third kappa shape index (κ3) is 4.40. The van der Waals surface area contributed by atoms with Gasteiger partial charge in [0.2, 0.25) is 0 Å². The van der Waals surface area contributed by atoms with Crippen LogP contribution in [0.1, 0.15) is 16.9 Å². The lowest BCUT2D eigenvalue weighted by Crippen LogP contribution is -2.30. The molecular formula is C15H18Cl2N4O. The van der Waals surface area contributed by atoms with E-state index in [4.69, 9.17) is 0 Å². The molecule has 0 atom stereocenters. The molecule has 0 saturated carbocycles. The van der Waals surface area contributed by atoms with Crippen molar-refractivity contribution >= 4 is 41.8 Å². The molecule has 0 bridgehead atoms. The van der Waals surface area contributed by atoms with Gasteiger partial charge in [-0.3, -0.25) is 9.78 Å². The van der Waals surface area contributed by atoms with Crippen molar-refractivity contribution in [2.75, 3.05) is 19.6 Å². The average Bonchev–Trinajstić information content (AvgIpc) is 2.53. The summed E-state index contributed by atoms with van der Waals surface area (Å²) < 4.78 is 0. The van der Waals surface area contributed by atoms with Crippen molar-refractivity contribution in [3.63, 3.8) is 0 Å². The lowest BCUT2D eigenvalue weighted by molar-refractivity contribution is 0.0951. The van der Waals surface area contributed by atoms with Crippen LogP contribution in [-0.2, 0) is 0 Å². The summed E-state index contributed by atoms with van der Waals surface area (Å²) in [5, 5.41) is 6.14. The number of benzene rings is 1. The van der Waals surface area contributed by atoms with Crippen LogP contribution in [0, 0.1) is 0 Å². The number of hydrogen-bond acceptors (Lipinski definition) is 4. The van der Waals surface area contributed by atoms with E-state index in [9.17, 15) is 4.79 Å². The average molecular weight is 341 g/mol. The van der Waals surface area contributed by atoms with E-state index < -0.39 is 0 Å². The molecule has 0 unspecified atom stereocenters. The highest BCUT2D eigenvalue weighted by Gasteiger charge is 2.10.